The van der Waals surface area contributed by atoms with Crippen LogP contribution in [0.3, 0.4) is 0 Å². The molecule has 3 aromatic carbocycles. The van der Waals surface area contributed by atoms with Crippen LogP contribution in [0, 0.1) is 0 Å². The first kappa shape index (κ1) is 26.5. The lowest BCUT2D eigenvalue weighted by Crippen LogP contribution is -2.31. The Morgan fingerprint density at radius 1 is 1.10 bits per heavy atom. The molecule has 4 aromatic rings. The van der Waals surface area contributed by atoms with Crippen LogP contribution in [0.25, 0.3) is 0 Å². The SMILES string of the molecule is COc1ccccc1NC(=O)C1=C(C)Nc2nnnn2C1c1cc(Br)c(OCc2ccc(Cl)cc2)c(OC)c1. The van der Waals surface area contributed by atoms with Gasteiger partial charge >= 0.3 is 0 Å². The third-order valence-corrected chi connectivity index (χ3v) is 7.02. The van der Waals surface area contributed by atoms with E-state index in [1.54, 1.807) is 38.0 Å². The Morgan fingerprint density at radius 3 is 2.59 bits per heavy atom. The van der Waals surface area contributed by atoms with Gasteiger partial charge in [-0.15, -0.1) is 0 Å². The van der Waals surface area contributed by atoms with E-state index in [1.807, 2.05) is 48.5 Å². The van der Waals surface area contributed by atoms with E-state index in [9.17, 15) is 4.79 Å². The number of para-hydroxylation sites is 2. The number of amides is 1. The zero-order chi connectivity index (χ0) is 27.5. The molecular formula is C27H24BrClN6O4. The molecule has 1 aliphatic heterocycles. The molecule has 2 N–H and O–H groups in total. The molecule has 1 aliphatic rings. The van der Waals surface area contributed by atoms with Gasteiger partial charge in [0, 0.05) is 10.7 Å². The molecule has 0 fully saturated rings. The highest BCUT2D eigenvalue weighted by Gasteiger charge is 2.35. The van der Waals surface area contributed by atoms with Gasteiger partial charge in [0.2, 0.25) is 5.95 Å². The molecule has 1 aromatic heterocycles. The van der Waals surface area contributed by atoms with E-state index in [2.05, 4.69) is 42.1 Å². The topological polar surface area (TPSA) is 112 Å². The summed E-state index contributed by atoms with van der Waals surface area (Å²) in [7, 11) is 3.11. The average Bonchev–Trinajstić information content (AvgIpc) is 3.40. The van der Waals surface area contributed by atoms with Crippen molar-refractivity contribution >= 4 is 45.1 Å². The second kappa shape index (κ2) is 11.3. The van der Waals surface area contributed by atoms with Crippen LogP contribution in [0.1, 0.15) is 24.1 Å². The number of methoxy groups -OCH3 is 2. The molecule has 1 atom stereocenters. The largest absolute Gasteiger partial charge is 0.495 e. The van der Waals surface area contributed by atoms with Gasteiger partial charge in [0.25, 0.3) is 5.91 Å². The van der Waals surface area contributed by atoms with Crippen molar-refractivity contribution in [3.8, 4) is 17.2 Å². The summed E-state index contributed by atoms with van der Waals surface area (Å²) in [6.45, 7) is 2.11. The van der Waals surface area contributed by atoms with Crippen LogP contribution in [0.5, 0.6) is 17.2 Å². The Balaban J connectivity index is 1.51. The standard InChI is InChI=1S/C27H24BrClN6O4/c1-15-23(26(36)31-20-6-4-5-7-21(20)37-2)24(35-27(30-15)32-33-34-35)17-12-19(28)25(22(13-17)38-3)39-14-16-8-10-18(29)11-9-16/h4-13,24H,14H2,1-3H3,(H,31,36)(H,30,32,34). The van der Waals surface area contributed by atoms with E-state index in [0.29, 0.717) is 61.8 Å². The molecule has 2 heterocycles. The van der Waals surface area contributed by atoms with Crippen molar-refractivity contribution in [1.82, 2.24) is 20.2 Å². The van der Waals surface area contributed by atoms with Gasteiger partial charge in [-0.3, -0.25) is 4.79 Å². The molecule has 0 bridgehead atoms. The number of allylic oxidation sites excluding steroid dienone is 1. The number of benzene rings is 3. The molecule has 0 aliphatic carbocycles. The van der Waals surface area contributed by atoms with Gasteiger partial charge in [-0.25, -0.2) is 0 Å². The smallest absolute Gasteiger partial charge is 0.255 e. The van der Waals surface area contributed by atoms with Crippen LogP contribution in [0.2, 0.25) is 5.02 Å². The number of hydrogen-bond acceptors (Lipinski definition) is 8. The summed E-state index contributed by atoms with van der Waals surface area (Å²) in [5.74, 6) is 1.60. The zero-order valence-corrected chi connectivity index (χ0v) is 23.6. The first-order valence-corrected chi connectivity index (χ1v) is 13.0. The quantitative estimate of drug-likeness (QED) is 0.264. The molecule has 0 saturated heterocycles. The fourth-order valence-electron chi connectivity index (χ4n) is 4.33. The van der Waals surface area contributed by atoms with Gasteiger partial charge in [-0.1, -0.05) is 41.0 Å². The number of anilines is 2. The van der Waals surface area contributed by atoms with Gasteiger partial charge < -0.3 is 24.8 Å². The number of ether oxygens (including phenoxy) is 3. The minimum atomic E-state index is -0.665. The maximum atomic E-state index is 13.7. The molecule has 1 amide bonds. The highest BCUT2D eigenvalue weighted by atomic mass is 79.9. The molecule has 0 radical (unpaired) electrons. The monoisotopic (exact) mass is 610 g/mol. The Kier molecular flexibility index (Phi) is 7.71. The Labute approximate surface area is 238 Å². The maximum Gasteiger partial charge on any atom is 0.255 e. The predicted octanol–water partition coefficient (Wildman–Crippen LogP) is 5.61. The molecule has 1 unspecified atom stereocenters. The van der Waals surface area contributed by atoms with Crippen LogP contribution < -0.4 is 24.8 Å². The highest BCUT2D eigenvalue weighted by Crippen LogP contribution is 2.43. The summed E-state index contributed by atoms with van der Waals surface area (Å²) in [6, 6.07) is 17.6. The van der Waals surface area contributed by atoms with Crippen molar-refractivity contribution < 1.29 is 19.0 Å². The van der Waals surface area contributed by atoms with Crippen molar-refractivity contribution in [2.45, 2.75) is 19.6 Å². The number of nitrogens with one attached hydrogen (secondary N) is 2. The molecule has 200 valence electrons. The average molecular weight is 612 g/mol. The van der Waals surface area contributed by atoms with E-state index in [0.717, 1.165) is 5.56 Å². The Hall–Kier alpha value is -4.09. The summed E-state index contributed by atoms with van der Waals surface area (Å²) in [5.41, 5.74) is 3.22. The van der Waals surface area contributed by atoms with Crippen molar-refractivity contribution in [1.29, 1.82) is 0 Å². The second-order valence-corrected chi connectivity index (χ2v) is 9.91. The van der Waals surface area contributed by atoms with Crippen LogP contribution in [0.15, 0.2) is 76.4 Å². The van der Waals surface area contributed by atoms with Crippen molar-refractivity contribution in [3.63, 3.8) is 0 Å². The van der Waals surface area contributed by atoms with Gasteiger partial charge in [0.05, 0.1) is 30.0 Å². The number of halogens is 2. The van der Waals surface area contributed by atoms with Crippen LogP contribution in [0.4, 0.5) is 11.6 Å². The number of rotatable bonds is 8. The first-order chi connectivity index (χ1) is 18.9. The lowest BCUT2D eigenvalue weighted by atomic mass is 9.94. The normalized spacial score (nSPS) is 14.3. The predicted molar refractivity (Wildman–Crippen MR) is 150 cm³/mol. The first-order valence-electron chi connectivity index (χ1n) is 11.8. The molecule has 0 spiro atoms. The summed E-state index contributed by atoms with van der Waals surface area (Å²) >= 11 is 9.63. The second-order valence-electron chi connectivity index (χ2n) is 8.62. The van der Waals surface area contributed by atoms with Gasteiger partial charge in [0.15, 0.2) is 11.5 Å². The number of aromatic nitrogens is 4. The molecule has 10 nitrogen and oxygen atoms in total. The Bertz CT molecular complexity index is 1560. The van der Waals surface area contributed by atoms with E-state index in [-0.39, 0.29) is 5.91 Å². The number of fused-ring (bicyclic) bond motifs is 1. The third-order valence-electron chi connectivity index (χ3n) is 6.18. The van der Waals surface area contributed by atoms with Crippen molar-refractivity contribution in [3.05, 3.63) is 92.6 Å². The highest BCUT2D eigenvalue weighted by molar-refractivity contribution is 9.10. The molecule has 5 rings (SSSR count). The number of carbonyl (C=O) groups is 1. The van der Waals surface area contributed by atoms with Gasteiger partial charge in [0.1, 0.15) is 18.4 Å². The number of carbonyl (C=O) groups excluding carboxylic acids is 1. The van der Waals surface area contributed by atoms with Crippen molar-refractivity contribution in [2.24, 2.45) is 0 Å². The summed E-state index contributed by atoms with van der Waals surface area (Å²) in [5, 5.41) is 18.8. The van der Waals surface area contributed by atoms with Crippen molar-refractivity contribution in [2.75, 3.05) is 24.9 Å². The van der Waals surface area contributed by atoms with Gasteiger partial charge in [-0.05, 0) is 80.8 Å². The lowest BCUT2D eigenvalue weighted by Gasteiger charge is -2.28. The summed E-state index contributed by atoms with van der Waals surface area (Å²) in [6.07, 6.45) is 0. The van der Waals surface area contributed by atoms with E-state index >= 15 is 0 Å². The summed E-state index contributed by atoms with van der Waals surface area (Å²) in [4.78, 5) is 13.7. The number of hydrogen-bond donors (Lipinski definition) is 2. The maximum absolute atomic E-state index is 13.7. The minimum absolute atomic E-state index is 0.307. The molecule has 0 saturated carbocycles. The number of nitrogens with zero attached hydrogens (tertiary/aromatic N) is 4. The van der Waals surface area contributed by atoms with Crippen LogP contribution >= 0.6 is 27.5 Å². The third kappa shape index (κ3) is 5.41. The molecular weight excluding hydrogens is 588 g/mol. The zero-order valence-electron chi connectivity index (χ0n) is 21.2. The minimum Gasteiger partial charge on any atom is -0.495 e. The lowest BCUT2D eigenvalue weighted by molar-refractivity contribution is -0.113. The van der Waals surface area contributed by atoms with Crippen LogP contribution in [-0.2, 0) is 11.4 Å². The van der Waals surface area contributed by atoms with Crippen LogP contribution in [-0.4, -0.2) is 40.3 Å². The molecule has 12 heteroatoms. The van der Waals surface area contributed by atoms with E-state index in [4.69, 9.17) is 25.8 Å². The Morgan fingerprint density at radius 2 is 1.85 bits per heavy atom. The number of tetrazole rings is 1. The van der Waals surface area contributed by atoms with Gasteiger partial charge in [-0.2, -0.15) is 4.68 Å². The fourth-order valence-corrected chi connectivity index (χ4v) is 5.03. The summed E-state index contributed by atoms with van der Waals surface area (Å²) < 4.78 is 19.4. The fraction of sp³-hybridized carbons (Fsp3) is 0.185. The molecule has 39 heavy (non-hydrogen) atoms. The van der Waals surface area contributed by atoms with E-state index < -0.39 is 6.04 Å². The van der Waals surface area contributed by atoms with E-state index in [1.165, 1.54) is 0 Å².